The van der Waals surface area contributed by atoms with Crippen molar-refractivity contribution in [2.45, 2.75) is 26.8 Å². The summed E-state index contributed by atoms with van der Waals surface area (Å²) in [4.78, 5) is 28.7. The fraction of sp³-hybridized carbons (Fsp3) is 0.400. The Morgan fingerprint density at radius 1 is 1.22 bits per heavy atom. The second-order valence-electron chi connectivity index (χ2n) is 7.39. The zero-order valence-corrected chi connectivity index (χ0v) is 15.3. The lowest BCUT2D eigenvalue weighted by Crippen LogP contribution is -2.36. The van der Waals surface area contributed by atoms with E-state index in [1.165, 1.54) is 0 Å². The van der Waals surface area contributed by atoms with Crippen molar-refractivity contribution in [3.63, 3.8) is 0 Å². The molecule has 0 radical (unpaired) electrons. The van der Waals surface area contributed by atoms with Gasteiger partial charge in [-0.3, -0.25) is 9.59 Å². The molecule has 4 atom stereocenters. The number of aromatic nitrogens is 3. The van der Waals surface area contributed by atoms with Gasteiger partial charge in [-0.2, -0.15) is 5.10 Å². The van der Waals surface area contributed by atoms with E-state index >= 15 is 0 Å². The first-order chi connectivity index (χ1) is 12.9. The van der Waals surface area contributed by atoms with Gasteiger partial charge in [0.05, 0.1) is 18.4 Å². The summed E-state index contributed by atoms with van der Waals surface area (Å²) >= 11 is 0. The van der Waals surface area contributed by atoms with Crippen molar-refractivity contribution in [1.82, 2.24) is 14.8 Å². The minimum absolute atomic E-state index is 0.0139. The molecule has 7 nitrogen and oxygen atoms in total. The molecule has 27 heavy (non-hydrogen) atoms. The average molecular weight is 366 g/mol. The quantitative estimate of drug-likeness (QED) is 0.792. The number of nitrogens with zero attached hydrogens (tertiary/aromatic N) is 3. The molecule has 140 valence electrons. The Morgan fingerprint density at radius 3 is 2.63 bits per heavy atom. The average Bonchev–Trinajstić information content (AvgIpc) is 3.30. The van der Waals surface area contributed by atoms with Gasteiger partial charge in [-0.05, 0) is 49.8 Å². The van der Waals surface area contributed by atoms with E-state index in [1.807, 2.05) is 54.9 Å². The lowest BCUT2D eigenvalue weighted by Gasteiger charge is -2.24. The Kier molecular flexibility index (Phi) is 4.30. The molecule has 1 fully saturated rings. The topological polar surface area (TPSA) is 97.1 Å². The molecular formula is C20H22N4O3. The van der Waals surface area contributed by atoms with E-state index in [0.29, 0.717) is 12.2 Å². The zero-order chi connectivity index (χ0) is 19.1. The number of anilines is 1. The van der Waals surface area contributed by atoms with Crippen LogP contribution in [0.5, 0.6) is 0 Å². The summed E-state index contributed by atoms with van der Waals surface area (Å²) in [7, 11) is 0. The molecule has 7 heteroatoms. The van der Waals surface area contributed by atoms with Crippen molar-refractivity contribution in [1.29, 1.82) is 0 Å². The molecule has 1 amide bonds. The molecule has 1 aromatic heterocycles. The number of carbonyl (C=O) groups is 2. The fourth-order valence-electron chi connectivity index (χ4n) is 4.37. The summed E-state index contributed by atoms with van der Waals surface area (Å²) in [5, 5.41) is 16.8. The molecule has 2 N–H and O–H groups in total. The highest BCUT2D eigenvalue weighted by Gasteiger charge is 2.51. The lowest BCUT2D eigenvalue weighted by molar-refractivity contribution is -0.146. The highest BCUT2D eigenvalue weighted by atomic mass is 16.4. The van der Waals surface area contributed by atoms with Crippen LogP contribution in [0, 0.1) is 37.5 Å². The molecule has 4 rings (SSSR count). The summed E-state index contributed by atoms with van der Waals surface area (Å²) in [6.45, 7) is 4.31. The zero-order valence-electron chi connectivity index (χ0n) is 15.3. The molecule has 0 spiro atoms. The molecule has 2 aliphatic rings. The number of carbonyl (C=O) groups excluding carboxylic acids is 1. The lowest BCUT2D eigenvalue weighted by atomic mass is 9.82. The largest absolute Gasteiger partial charge is 0.481 e. The minimum atomic E-state index is -0.891. The number of aryl methyl sites for hydroxylation is 2. The van der Waals surface area contributed by atoms with E-state index < -0.39 is 17.8 Å². The first kappa shape index (κ1) is 17.5. The van der Waals surface area contributed by atoms with Crippen LogP contribution in [0.25, 0.3) is 0 Å². The fourth-order valence-corrected chi connectivity index (χ4v) is 4.37. The van der Waals surface area contributed by atoms with Crippen LogP contribution in [-0.4, -0.2) is 31.7 Å². The van der Waals surface area contributed by atoms with E-state index in [1.54, 1.807) is 0 Å². The normalized spacial score (nSPS) is 25.7. The molecule has 2 aromatic rings. The van der Waals surface area contributed by atoms with Gasteiger partial charge >= 0.3 is 5.97 Å². The third-order valence-corrected chi connectivity index (χ3v) is 5.54. The Balaban J connectivity index is 1.50. The second-order valence-corrected chi connectivity index (χ2v) is 7.39. The summed E-state index contributed by atoms with van der Waals surface area (Å²) in [5.41, 5.74) is 1.66. The smallest absolute Gasteiger partial charge is 0.307 e. The first-order valence-corrected chi connectivity index (χ1v) is 9.11. The van der Waals surface area contributed by atoms with Crippen LogP contribution in [-0.2, 0) is 16.1 Å². The molecule has 1 saturated carbocycles. The van der Waals surface area contributed by atoms with Gasteiger partial charge < -0.3 is 10.4 Å². The predicted molar refractivity (Wildman–Crippen MR) is 99.0 cm³/mol. The van der Waals surface area contributed by atoms with Gasteiger partial charge in [0.25, 0.3) is 0 Å². The van der Waals surface area contributed by atoms with Crippen molar-refractivity contribution in [3.8, 4) is 0 Å². The third-order valence-electron chi connectivity index (χ3n) is 5.54. The van der Waals surface area contributed by atoms with Crippen molar-refractivity contribution in [2.24, 2.45) is 23.7 Å². The molecular weight excluding hydrogens is 344 g/mol. The number of benzene rings is 1. The maximum atomic E-state index is 12.8. The van der Waals surface area contributed by atoms with Crippen LogP contribution in [0.3, 0.4) is 0 Å². The van der Waals surface area contributed by atoms with Crippen LogP contribution in [0.1, 0.15) is 23.6 Å². The second kappa shape index (κ2) is 6.64. The van der Waals surface area contributed by atoms with Gasteiger partial charge in [-0.15, -0.1) is 0 Å². The van der Waals surface area contributed by atoms with Crippen molar-refractivity contribution in [2.75, 3.05) is 5.32 Å². The summed E-state index contributed by atoms with van der Waals surface area (Å²) < 4.78 is 1.82. The van der Waals surface area contributed by atoms with Gasteiger partial charge in [-0.1, -0.05) is 24.3 Å². The van der Waals surface area contributed by atoms with Crippen molar-refractivity contribution < 1.29 is 14.7 Å². The molecule has 0 saturated heterocycles. The highest BCUT2D eigenvalue weighted by molar-refractivity contribution is 5.96. The van der Waals surface area contributed by atoms with E-state index in [9.17, 15) is 14.7 Å². The van der Waals surface area contributed by atoms with E-state index in [2.05, 4.69) is 15.4 Å². The number of amides is 1. The van der Waals surface area contributed by atoms with E-state index in [-0.39, 0.29) is 17.7 Å². The van der Waals surface area contributed by atoms with Crippen LogP contribution in [0.2, 0.25) is 0 Å². The Morgan fingerprint density at radius 2 is 1.96 bits per heavy atom. The first-order valence-electron chi connectivity index (χ1n) is 9.11. The van der Waals surface area contributed by atoms with Gasteiger partial charge in [0.15, 0.2) is 0 Å². The van der Waals surface area contributed by atoms with E-state index in [0.717, 1.165) is 23.6 Å². The third kappa shape index (κ3) is 3.25. The van der Waals surface area contributed by atoms with Gasteiger partial charge in [0.2, 0.25) is 5.91 Å². The number of hydrogen-bond donors (Lipinski definition) is 2. The molecule has 4 unspecified atom stereocenters. The summed E-state index contributed by atoms with van der Waals surface area (Å²) in [5.74, 6) is -0.721. The van der Waals surface area contributed by atoms with E-state index in [4.69, 9.17) is 0 Å². The number of rotatable bonds is 5. The highest BCUT2D eigenvalue weighted by Crippen LogP contribution is 2.48. The van der Waals surface area contributed by atoms with Crippen LogP contribution < -0.4 is 5.32 Å². The maximum Gasteiger partial charge on any atom is 0.307 e. The number of carboxylic acids is 1. The molecule has 2 bridgehead atoms. The van der Waals surface area contributed by atoms with Crippen molar-refractivity contribution >= 4 is 17.6 Å². The minimum Gasteiger partial charge on any atom is -0.481 e. The Labute approximate surface area is 157 Å². The number of aliphatic carboxylic acids is 1. The Bertz CT molecular complexity index is 933. The van der Waals surface area contributed by atoms with Gasteiger partial charge in [0.1, 0.15) is 11.6 Å². The van der Waals surface area contributed by atoms with Crippen LogP contribution >= 0.6 is 0 Å². The predicted octanol–water partition coefficient (Wildman–Crippen LogP) is 2.40. The number of allylic oxidation sites excluding steroid dienone is 2. The Hall–Kier alpha value is -2.96. The van der Waals surface area contributed by atoms with Crippen molar-refractivity contribution in [3.05, 3.63) is 53.6 Å². The van der Waals surface area contributed by atoms with Crippen LogP contribution in [0.15, 0.2) is 36.4 Å². The maximum absolute atomic E-state index is 12.8. The summed E-state index contributed by atoms with van der Waals surface area (Å²) in [6.07, 6.45) is 4.68. The number of hydrogen-bond acceptors (Lipinski definition) is 4. The van der Waals surface area contributed by atoms with Gasteiger partial charge in [-0.25, -0.2) is 9.67 Å². The number of carboxylic acid groups (broad SMARTS) is 1. The molecule has 2 aliphatic carbocycles. The number of nitrogens with one attached hydrogen (secondary N) is 1. The molecule has 0 aliphatic heterocycles. The van der Waals surface area contributed by atoms with Gasteiger partial charge in [0, 0.05) is 5.69 Å². The molecule has 1 heterocycles. The van der Waals surface area contributed by atoms with Crippen LogP contribution in [0.4, 0.5) is 5.69 Å². The monoisotopic (exact) mass is 366 g/mol. The molecule has 1 aromatic carbocycles. The SMILES string of the molecule is Cc1nc(C)n(Cc2cccc(NC(=O)C3C4C=CC(C4)C3C(=O)O)c2)n1. The number of fused-ring (bicyclic) bond motifs is 2. The standard InChI is InChI=1S/C20H22N4O3/c1-11-21-12(2)24(23-11)10-13-4-3-5-16(8-13)22-19(25)17-14-6-7-15(9-14)18(17)20(26)27/h3-8,14-15,17-18H,9-10H2,1-2H3,(H,22,25)(H,26,27). The summed E-state index contributed by atoms with van der Waals surface area (Å²) in [6, 6.07) is 7.55.